The van der Waals surface area contributed by atoms with Crippen LogP contribution in [0.4, 0.5) is 5.69 Å². The summed E-state index contributed by atoms with van der Waals surface area (Å²) in [5, 5.41) is 56.0. The maximum absolute atomic E-state index is 14.5. The maximum atomic E-state index is 14.5. The molecule has 15 heteroatoms. The number of ether oxygens (including phenoxy) is 5. The first-order valence-electron chi connectivity index (χ1n) is 20.2. The van der Waals surface area contributed by atoms with Crippen LogP contribution in [0.25, 0.3) is 10.8 Å². The molecule has 15 nitrogen and oxygen atoms in total. The van der Waals surface area contributed by atoms with E-state index >= 15 is 0 Å². The molecule has 0 aliphatic carbocycles. The monoisotopic (exact) mass is 820 g/mol. The first kappa shape index (κ1) is 43.9. The van der Waals surface area contributed by atoms with E-state index in [1.54, 1.807) is 37.3 Å². The molecule has 6 aliphatic heterocycles. The first-order valence-corrected chi connectivity index (χ1v) is 20.2. The van der Waals surface area contributed by atoms with Crippen molar-refractivity contribution in [2.75, 3.05) is 52.8 Å². The number of likely N-dealkylation sites (N-methyl/N-ethyl adjacent to an activating group) is 1. The van der Waals surface area contributed by atoms with Crippen molar-refractivity contribution in [3.63, 3.8) is 0 Å². The number of carbonyl (C=O) groups excluding carboxylic acids is 2. The topological polar surface area (TPSA) is 192 Å². The average molecular weight is 821 g/mol. The van der Waals surface area contributed by atoms with Gasteiger partial charge in [0.2, 0.25) is 0 Å². The number of anilines is 1. The summed E-state index contributed by atoms with van der Waals surface area (Å²) in [6.45, 7) is 17.0. The lowest BCUT2D eigenvalue weighted by molar-refractivity contribution is -0.251. The Bertz CT molecular complexity index is 2090. The number of amides is 1. The van der Waals surface area contributed by atoms with Crippen molar-refractivity contribution >= 4 is 34.4 Å². The summed E-state index contributed by atoms with van der Waals surface area (Å²) in [6, 6.07) is 0. The third-order valence-electron chi connectivity index (χ3n) is 13.1. The van der Waals surface area contributed by atoms with Crippen molar-refractivity contribution in [3.05, 3.63) is 52.8 Å². The molecule has 1 unspecified atom stereocenters. The summed E-state index contributed by atoms with van der Waals surface area (Å²) in [5.41, 5.74) is -0.760. The van der Waals surface area contributed by atoms with E-state index in [-0.39, 0.29) is 74.2 Å². The lowest BCUT2D eigenvalue weighted by Gasteiger charge is -2.54. The number of carbonyl (C=O) groups is 2. The SMILES string of the molecule is CO[C@H]1[C@H](C)[C@H](O)[C@H](C)[C@H]2OC(C)(/C=C/C=C(/C)C(=O)Nc3c(/C=N/N4CCN(C)CC4)c(O)c4c5c(c(C)c(O)c4c3O)O[C@](C)(O/C=C/[C@H](OC)[C@H]1C)C5=O)[C@@H]2C. The van der Waals surface area contributed by atoms with Crippen molar-refractivity contribution < 1.29 is 53.7 Å². The van der Waals surface area contributed by atoms with Crippen LogP contribution in [0.1, 0.15) is 70.0 Å². The number of aliphatic hydroxyl groups is 1. The van der Waals surface area contributed by atoms with Crippen LogP contribution >= 0.6 is 0 Å². The lowest BCUT2D eigenvalue weighted by atomic mass is 9.70. The molecule has 0 saturated carbocycles. The number of rotatable bonds is 4. The highest BCUT2D eigenvalue weighted by molar-refractivity contribution is 6.23. The summed E-state index contributed by atoms with van der Waals surface area (Å²) in [5.74, 6) is -5.79. The minimum absolute atomic E-state index is 0.0110. The summed E-state index contributed by atoms with van der Waals surface area (Å²) in [7, 11) is 5.13. The predicted molar refractivity (Wildman–Crippen MR) is 223 cm³/mol. The summed E-state index contributed by atoms with van der Waals surface area (Å²) in [6.07, 6.45) is 7.36. The predicted octanol–water partition coefficient (Wildman–Crippen LogP) is 5.22. The van der Waals surface area contributed by atoms with Gasteiger partial charge in [-0.3, -0.25) is 14.6 Å². The quantitative estimate of drug-likeness (QED) is 0.154. The normalized spacial score (nSPS) is 35.5. The number of nitrogens with zero attached hydrogens (tertiary/aromatic N) is 3. The fourth-order valence-electron chi connectivity index (χ4n) is 8.86. The first-order chi connectivity index (χ1) is 27.8. The Labute approximate surface area is 345 Å². The van der Waals surface area contributed by atoms with Crippen molar-refractivity contribution in [3.8, 4) is 23.0 Å². The van der Waals surface area contributed by atoms with Gasteiger partial charge in [0.25, 0.3) is 11.7 Å². The Kier molecular flexibility index (Phi) is 12.5. The highest BCUT2D eigenvalue weighted by Gasteiger charge is 2.53. The van der Waals surface area contributed by atoms with Crippen LogP contribution in [0.3, 0.4) is 0 Å². The Balaban J connectivity index is 1.50. The Morgan fingerprint density at radius 2 is 1.61 bits per heavy atom. The summed E-state index contributed by atoms with van der Waals surface area (Å²) in [4.78, 5) is 30.4. The number of ketones is 1. The third kappa shape index (κ3) is 7.79. The Morgan fingerprint density at radius 3 is 2.24 bits per heavy atom. The smallest absolute Gasteiger partial charge is 0.312 e. The van der Waals surface area contributed by atoms with Crippen LogP contribution in [0, 0.1) is 30.6 Å². The molecule has 2 saturated heterocycles. The van der Waals surface area contributed by atoms with Gasteiger partial charge in [-0.2, -0.15) is 5.10 Å². The fourth-order valence-corrected chi connectivity index (χ4v) is 8.86. The number of hydrazone groups is 1. The number of allylic oxidation sites excluding steroid dienone is 2. The standard InChI is InChI=1S/C44H60N4O11/c1-22-13-12-15-43(7)27(6)39(58-43)25(4)34(49)24(3)38(56-11)23(2)29(55-10)14-20-57-44(8)41(53)32-30-31(35(50)26(5)40(32)59-44)37(52)33(46-42(22)54)28(36(30)51)21-45-48-18-16-47(9)17-19-48/h12-15,20-21,23-25,27,29,34,38-39,49-52H,16-19H2,1-11H3,(H,46,54)/b15-12+,20-14+,22-13-,45-21+/t23-,24-,25+,27-,29+,34+,38-,39-,43?,44+/m1/s1. The van der Waals surface area contributed by atoms with Gasteiger partial charge in [0.1, 0.15) is 17.2 Å². The molecule has 2 aromatic carbocycles. The largest absolute Gasteiger partial charge is 0.507 e. The van der Waals surface area contributed by atoms with Crippen LogP contribution in [0.2, 0.25) is 0 Å². The van der Waals surface area contributed by atoms with Crippen molar-refractivity contribution in [2.45, 2.75) is 91.2 Å². The molecule has 0 radical (unpaired) electrons. The molecule has 2 aromatic rings. The van der Waals surface area contributed by atoms with E-state index in [2.05, 4.69) is 22.2 Å². The Morgan fingerprint density at radius 1 is 0.932 bits per heavy atom. The van der Waals surface area contributed by atoms with Crippen LogP contribution in [0.15, 0.2) is 41.2 Å². The minimum Gasteiger partial charge on any atom is -0.507 e. The molecule has 8 rings (SSSR count). The van der Waals surface area contributed by atoms with E-state index in [0.29, 0.717) is 13.1 Å². The van der Waals surface area contributed by atoms with Gasteiger partial charge in [-0.05, 0) is 33.9 Å². The maximum Gasteiger partial charge on any atom is 0.312 e. The summed E-state index contributed by atoms with van der Waals surface area (Å²) < 4.78 is 30.5. The van der Waals surface area contributed by atoms with E-state index in [9.17, 15) is 30.0 Å². The molecule has 6 aliphatic rings. The lowest BCUT2D eigenvalue weighted by Crippen LogP contribution is -2.60. The number of hydrogen-bond acceptors (Lipinski definition) is 14. The van der Waals surface area contributed by atoms with Gasteiger partial charge in [0, 0.05) is 87.5 Å². The molecule has 6 heterocycles. The van der Waals surface area contributed by atoms with Crippen LogP contribution in [-0.2, 0) is 23.7 Å². The number of aliphatic hydroxyl groups excluding tert-OH is 1. The number of piperazine rings is 1. The molecule has 7 bridgehead atoms. The van der Waals surface area contributed by atoms with E-state index in [4.69, 9.17) is 23.7 Å². The zero-order chi connectivity index (χ0) is 43.3. The number of aromatic hydroxyl groups is 3. The van der Waals surface area contributed by atoms with E-state index < -0.39 is 58.6 Å². The van der Waals surface area contributed by atoms with Crippen LogP contribution in [-0.4, -0.2) is 131 Å². The van der Waals surface area contributed by atoms with Gasteiger partial charge in [-0.1, -0.05) is 45.9 Å². The molecule has 2 fully saturated rings. The number of benzene rings is 2. The number of Topliss-reactive ketones (excluding diaryl/α,β-unsaturated/α-hetero) is 1. The van der Waals surface area contributed by atoms with Crippen molar-refractivity contribution in [2.24, 2.45) is 28.8 Å². The van der Waals surface area contributed by atoms with Gasteiger partial charge in [0.05, 0.1) is 64.7 Å². The molecular weight excluding hydrogens is 761 g/mol. The Hall–Kier alpha value is -4.67. The second-order valence-corrected chi connectivity index (χ2v) is 16.9. The molecule has 0 aromatic heterocycles. The van der Waals surface area contributed by atoms with Gasteiger partial charge < -0.3 is 54.3 Å². The molecule has 0 spiro atoms. The molecular formula is C44H60N4O11. The highest BCUT2D eigenvalue weighted by Crippen LogP contribution is 2.55. The molecule has 5 N–H and O–H groups in total. The zero-order valence-corrected chi connectivity index (χ0v) is 35.9. The van der Waals surface area contributed by atoms with Gasteiger partial charge in [0.15, 0.2) is 5.75 Å². The number of methoxy groups -OCH3 is 2. The van der Waals surface area contributed by atoms with Gasteiger partial charge in [-0.25, -0.2) is 0 Å². The summed E-state index contributed by atoms with van der Waals surface area (Å²) >= 11 is 0. The third-order valence-corrected chi connectivity index (χ3v) is 13.1. The van der Waals surface area contributed by atoms with Crippen molar-refractivity contribution in [1.29, 1.82) is 0 Å². The number of phenols is 3. The number of nitrogens with one attached hydrogen (secondary N) is 1. The highest BCUT2D eigenvalue weighted by atomic mass is 16.7. The molecule has 1 amide bonds. The second-order valence-electron chi connectivity index (χ2n) is 16.9. The zero-order valence-electron chi connectivity index (χ0n) is 35.9. The second kappa shape index (κ2) is 16.8. The minimum atomic E-state index is -1.97. The molecule has 59 heavy (non-hydrogen) atoms. The van der Waals surface area contributed by atoms with Gasteiger partial charge >= 0.3 is 5.79 Å². The molecule has 322 valence electrons. The van der Waals surface area contributed by atoms with E-state index in [1.165, 1.54) is 33.4 Å². The van der Waals surface area contributed by atoms with Crippen LogP contribution < -0.4 is 10.1 Å². The van der Waals surface area contributed by atoms with Gasteiger partial charge in [-0.15, -0.1) is 0 Å². The molecule has 10 atom stereocenters. The van der Waals surface area contributed by atoms with Crippen molar-refractivity contribution in [1.82, 2.24) is 9.91 Å². The van der Waals surface area contributed by atoms with Crippen LogP contribution in [0.5, 0.6) is 23.0 Å². The number of hydrogen-bond donors (Lipinski definition) is 5. The van der Waals surface area contributed by atoms with E-state index in [1.807, 2.05) is 40.8 Å². The fraction of sp³-hybridized carbons (Fsp3) is 0.568. The average Bonchev–Trinajstić information content (AvgIpc) is 3.47. The van der Waals surface area contributed by atoms with E-state index in [0.717, 1.165) is 13.1 Å². The number of phenolic OH excluding ortho intramolecular Hbond substituents is 3.